The van der Waals surface area contributed by atoms with Gasteiger partial charge in [-0.2, -0.15) is 0 Å². The van der Waals surface area contributed by atoms with E-state index < -0.39 is 5.97 Å². The third-order valence-electron chi connectivity index (χ3n) is 3.08. The zero-order valence-corrected chi connectivity index (χ0v) is 11.5. The van der Waals surface area contributed by atoms with E-state index in [1.165, 1.54) is 6.07 Å². The van der Waals surface area contributed by atoms with Crippen molar-refractivity contribution in [1.29, 1.82) is 0 Å². The van der Waals surface area contributed by atoms with Gasteiger partial charge in [0.05, 0.1) is 22.4 Å². The van der Waals surface area contributed by atoms with E-state index >= 15 is 0 Å². The number of halogens is 1. The van der Waals surface area contributed by atoms with Gasteiger partial charge in [0, 0.05) is 25.4 Å². The molecule has 6 heteroatoms. The molecule has 0 amide bonds. The third kappa shape index (κ3) is 3.11. The zero-order chi connectivity index (χ0) is 14.0. The second-order valence-electron chi connectivity index (χ2n) is 4.69. The molecule has 1 aromatic rings. The van der Waals surface area contributed by atoms with E-state index in [0.29, 0.717) is 36.1 Å². The lowest BCUT2D eigenvalue weighted by atomic mass is 10.1. The Bertz CT molecular complexity index is 493. The van der Waals surface area contributed by atoms with Gasteiger partial charge in [-0.3, -0.25) is 0 Å². The first-order valence-electron chi connectivity index (χ1n) is 6.18. The monoisotopic (exact) mass is 284 g/mol. The molecule has 2 rings (SSSR count). The molecule has 0 radical (unpaired) electrons. The Hall–Kier alpha value is -1.46. The molecular formula is C13H17ClN2O3. The fraction of sp³-hybridized carbons (Fsp3) is 0.462. The van der Waals surface area contributed by atoms with E-state index in [-0.39, 0.29) is 11.7 Å². The number of rotatable bonds is 2. The van der Waals surface area contributed by atoms with Crippen molar-refractivity contribution in [2.24, 2.45) is 0 Å². The minimum atomic E-state index is -1.03. The molecule has 1 aliphatic heterocycles. The quantitative estimate of drug-likeness (QED) is 0.815. The molecule has 0 spiro atoms. The molecule has 1 unspecified atom stereocenters. The lowest BCUT2D eigenvalue weighted by Gasteiger charge is -2.27. The Kier molecular flexibility index (Phi) is 4.17. The SMILES string of the molecule is CC1CN(c2c(Cl)cc(N)cc2C(=O)O)CCCO1. The molecule has 1 fully saturated rings. The number of benzene rings is 1. The number of carboxylic acids is 1. The molecule has 1 saturated heterocycles. The molecule has 1 heterocycles. The number of nitrogens with two attached hydrogens (primary N) is 1. The Balaban J connectivity index is 2.44. The van der Waals surface area contributed by atoms with Gasteiger partial charge in [-0.1, -0.05) is 11.6 Å². The van der Waals surface area contributed by atoms with Crippen LogP contribution in [0.3, 0.4) is 0 Å². The second-order valence-corrected chi connectivity index (χ2v) is 5.09. The standard InChI is InChI=1S/C13H17ClN2O3/c1-8-7-16(3-2-4-19-8)12-10(13(17)18)5-9(15)6-11(12)14/h5-6,8H,2-4,7,15H2,1H3,(H,17,18). The maximum atomic E-state index is 11.4. The largest absolute Gasteiger partial charge is 0.478 e. The lowest BCUT2D eigenvalue weighted by molar-refractivity contribution is 0.0696. The fourth-order valence-corrected chi connectivity index (χ4v) is 2.65. The first-order chi connectivity index (χ1) is 8.99. The number of carboxylic acid groups (broad SMARTS) is 1. The number of aromatic carboxylic acids is 1. The Morgan fingerprint density at radius 3 is 3.00 bits per heavy atom. The van der Waals surface area contributed by atoms with Gasteiger partial charge in [0.2, 0.25) is 0 Å². The summed E-state index contributed by atoms with van der Waals surface area (Å²) in [5.74, 6) is -1.03. The summed E-state index contributed by atoms with van der Waals surface area (Å²) in [6.07, 6.45) is 0.877. The summed E-state index contributed by atoms with van der Waals surface area (Å²) in [6, 6.07) is 3.03. The average Bonchev–Trinajstić information content (AvgIpc) is 2.52. The predicted octanol–water partition coefficient (Wildman–Crippen LogP) is 2.24. The van der Waals surface area contributed by atoms with E-state index in [4.69, 9.17) is 22.1 Å². The number of nitrogens with zero attached hydrogens (tertiary/aromatic N) is 1. The molecule has 0 aliphatic carbocycles. The summed E-state index contributed by atoms with van der Waals surface area (Å²) in [4.78, 5) is 13.3. The van der Waals surface area contributed by atoms with Crippen LogP contribution >= 0.6 is 11.6 Å². The van der Waals surface area contributed by atoms with Gasteiger partial charge in [-0.15, -0.1) is 0 Å². The molecule has 104 valence electrons. The summed E-state index contributed by atoms with van der Waals surface area (Å²) in [5.41, 5.74) is 6.68. The van der Waals surface area contributed by atoms with Gasteiger partial charge >= 0.3 is 5.97 Å². The summed E-state index contributed by atoms with van der Waals surface area (Å²) < 4.78 is 5.56. The molecule has 1 aromatic carbocycles. The van der Waals surface area contributed by atoms with Gasteiger partial charge in [-0.05, 0) is 25.5 Å². The van der Waals surface area contributed by atoms with Gasteiger partial charge in [-0.25, -0.2) is 4.79 Å². The van der Waals surface area contributed by atoms with Crippen molar-refractivity contribution in [2.75, 3.05) is 30.3 Å². The van der Waals surface area contributed by atoms with Gasteiger partial charge < -0.3 is 20.5 Å². The minimum Gasteiger partial charge on any atom is -0.478 e. The first-order valence-corrected chi connectivity index (χ1v) is 6.55. The van der Waals surface area contributed by atoms with Crippen molar-refractivity contribution in [3.8, 4) is 0 Å². The van der Waals surface area contributed by atoms with Crippen LogP contribution in [0, 0.1) is 0 Å². The van der Waals surface area contributed by atoms with Crippen molar-refractivity contribution in [2.45, 2.75) is 19.4 Å². The number of nitrogen functional groups attached to an aromatic ring is 1. The third-order valence-corrected chi connectivity index (χ3v) is 3.37. The zero-order valence-electron chi connectivity index (χ0n) is 10.7. The summed E-state index contributed by atoms with van der Waals surface area (Å²) >= 11 is 6.19. The van der Waals surface area contributed by atoms with Crippen molar-refractivity contribution in [3.05, 3.63) is 22.7 Å². The van der Waals surface area contributed by atoms with Crippen LogP contribution < -0.4 is 10.6 Å². The van der Waals surface area contributed by atoms with Crippen LogP contribution in [0.4, 0.5) is 11.4 Å². The summed E-state index contributed by atoms with van der Waals surface area (Å²) in [7, 11) is 0. The van der Waals surface area contributed by atoms with Crippen LogP contribution in [0.15, 0.2) is 12.1 Å². The van der Waals surface area contributed by atoms with Gasteiger partial charge in [0.15, 0.2) is 0 Å². The van der Waals surface area contributed by atoms with Crippen LogP contribution in [-0.2, 0) is 4.74 Å². The Morgan fingerprint density at radius 2 is 2.32 bits per heavy atom. The van der Waals surface area contributed by atoms with Crippen molar-refractivity contribution < 1.29 is 14.6 Å². The van der Waals surface area contributed by atoms with Crippen LogP contribution in [0.1, 0.15) is 23.7 Å². The van der Waals surface area contributed by atoms with E-state index in [2.05, 4.69) is 0 Å². The summed E-state index contributed by atoms with van der Waals surface area (Å²) in [5, 5.41) is 9.68. The highest BCUT2D eigenvalue weighted by atomic mass is 35.5. The topological polar surface area (TPSA) is 75.8 Å². The maximum Gasteiger partial charge on any atom is 0.337 e. The van der Waals surface area contributed by atoms with E-state index in [1.807, 2.05) is 11.8 Å². The lowest BCUT2D eigenvalue weighted by Crippen LogP contribution is -2.31. The predicted molar refractivity (Wildman–Crippen MR) is 75.1 cm³/mol. The molecule has 0 aromatic heterocycles. The Morgan fingerprint density at radius 1 is 1.58 bits per heavy atom. The first kappa shape index (κ1) is 14.0. The summed E-state index contributed by atoms with van der Waals surface area (Å²) in [6.45, 7) is 3.97. The molecule has 0 bridgehead atoms. The highest BCUT2D eigenvalue weighted by Gasteiger charge is 2.23. The highest BCUT2D eigenvalue weighted by molar-refractivity contribution is 6.34. The van der Waals surface area contributed by atoms with Gasteiger partial charge in [0.25, 0.3) is 0 Å². The van der Waals surface area contributed by atoms with Crippen molar-refractivity contribution in [1.82, 2.24) is 0 Å². The molecular weight excluding hydrogens is 268 g/mol. The van der Waals surface area contributed by atoms with Crippen LogP contribution in [0.2, 0.25) is 5.02 Å². The highest BCUT2D eigenvalue weighted by Crippen LogP contribution is 2.33. The van der Waals surface area contributed by atoms with E-state index in [0.717, 1.165) is 6.42 Å². The maximum absolute atomic E-state index is 11.4. The van der Waals surface area contributed by atoms with Crippen molar-refractivity contribution in [3.63, 3.8) is 0 Å². The van der Waals surface area contributed by atoms with Crippen molar-refractivity contribution >= 4 is 28.9 Å². The minimum absolute atomic E-state index is 0.0396. The molecule has 1 aliphatic rings. The normalized spacial score (nSPS) is 20.1. The molecule has 5 nitrogen and oxygen atoms in total. The molecule has 3 N–H and O–H groups in total. The smallest absolute Gasteiger partial charge is 0.337 e. The van der Waals surface area contributed by atoms with E-state index in [9.17, 15) is 9.90 Å². The van der Waals surface area contributed by atoms with Crippen LogP contribution in [0.5, 0.6) is 0 Å². The molecule has 0 saturated carbocycles. The van der Waals surface area contributed by atoms with Crippen LogP contribution in [0.25, 0.3) is 0 Å². The number of ether oxygens (including phenoxy) is 1. The number of carbonyl (C=O) groups is 1. The number of anilines is 2. The number of hydrogen-bond acceptors (Lipinski definition) is 4. The molecule has 19 heavy (non-hydrogen) atoms. The molecule has 1 atom stereocenters. The number of hydrogen-bond donors (Lipinski definition) is 2. The van der Waals surface area contributed by atoms with E-state index in [1.54, 1.807) is 6.07 Å². The fourth-order valence-electron chi connectivity index (χ4n) is 2.30. The second kappa shape index (κ2) is 5.67. The Labute approximate surface area is 116 Å². The van der Waals surface area contributed by atoms with Gasteiger partial charge in [0.1, 0.15) is 0 Å². The van der Waals surface area contributed by atoms with Crippen LogP contribution in [-0.4, -0.2) is 36.9 Å². The average molecular weight is 285 g/mol.